The molecule has 9 heteroatoms. The molecule has 1 aliphatic carbocycles. The van der Waals surface area contributed by atoms with Gasteiger partial charge in [0.2, 0.25) is 11.8 Å². The number of carbonyl (C=O) groups is 2. The normalized spacial score (nSPS) is 14.1. The number of aryl methyl sites for hydroxylation is 1. The summed E-state index contributed by atoms with van der Waals surface area (Å²) in [5, 5.41) is 3.59. The van der Waals surface area contributed by atoms with Crippen molar-refractivity contribution < 1.29 is 18.0 Å². The van der Waals surface area contributed by atoms with Crippen molar-refractivity contribution in [3.05, 3.63) is 130 Å². The number of hydrogen-bond acceptors (Lipinski definition) is 4. The molecule has 4 aromatic carbocycles. The van der Waals surface area contributed by atoms with Gasteiger partial charge in [-0.2, -0.15) is 0 Å². The number of anilines is 1. The van der Waals surface area contributed by atoms with E-state index in [2.05, 4.69) is 5.32 Å². The molecule has 0 aliphatic heterocycles. The first kappa shape index (κ1) is 33.2. The Hall–Kier alpha value is -4.14. The maximum atomic E-state index is 14.7. The van der Waals surface area contributed by atoms with Crippen LogP contribution < -0.4 is 9.62 Å². The smallest absolute Gasteiger partial charge is 0.264 e. The Kier molecular flexibility index (Phi) is 10.8. The molecular weight excluding hydrogens is 618 g/mol. The molecule has 0 unspecified atom stereocenters. The first-order valence-corrected chi connectivity index (χ1v) is 17.5. The highest BCUT2D eigenvalue weighted by molar-refractivity contribution is 7.92. The van der Waals surface area contributed by atoms with E-state index in [0.717, 1.165) is 46.7 Å². The minimum absolute atomic E-state index is 0.0465. The summed E-state index contributed by atoms with van der Waals surface area (Å²) in [6.45, 7) is 3.30. The number of benzene rings is 4. The van der Waals surface area contributed by atoms with Crippen LogP contribution in [0.25, 0.3) is 0 Å². The Balaban J connectivity index is 1.59. The third kappa shape index (κ3) is 7.80. The second-order valence-corrected chi connectivity index (χ2v) is 14.1. The lowest BCUT2D eigenvalue weighted by atomic mass is 10.0. The molecule has 5 rings (SSSR count). The number of carbonyl (C=O) groups excluding carboxylic acids is 2. The monoisotopic (exact) mass is 657 g/mol. The van der Waals surface area contributed by atoms with Gasteiger partial charge >= 0.3 is 0 Å². The van der Waals surface area contributed by atoms with Gasteiger partial charge in [0.05, 0.1) is 10.6 Å². The molecule has 0 heterocycles. The van der Waals surface area contributed by atoms with Gasteiger partial charge in [-0.15, -0.1) is 0 Å². The Morgan fingerprint density at radius 1 is 0.848 bits per heavy atom. The van der Waals surface area contributed by atoms with Crippen molar-refractivity contribution in [1.29, 1.82) is 0 Å². The van der Waals surface area contributed by atoms with Gasteiger partial charge in [-0.25, -0.2) is 8.42 Å². The van der Waals surface area contributed by atoms with Gasteiger partial charge in [-0.1, -0.05) is 103 Å². The SMILES string of the molecule is Cc1ccccc1CN(C(=O)CN(c1cccc(Cl)c1C)S(=O)(=O)c1ccccc1)[C@H](Cc1ccccc1)C(=O)NC1CCCC1. The van der Waals surface area contributed by atoms with Crippen molar-refractivity contribution in [1.82, 2.24) is 10.2 Å². The van der Waals surface area contributed by atoms with Crippen LogP contribution >= 0.6 is 11.6 Å². The molecule has 0 spiro atoms. The van der Waals surface area contributed by atoms with E-state index >= 15 is 0 Å². The molecule has 46 heavy (non-hydrogen) atoms. The number of amides is 2. The number of nitrogens with zero attached hydrogens (tertiary/aromatic N) is 2. The number of sulfonamides is 1. The van der Waals surface area contributed by atoms with Gasteiger partial charge in [-0.05, 0) is 73.2 Å². The van der Waals surface area contributed by atoms with Crippen molar-refractivity contribution in [3.8, 4) is 0 Å². The molecule has 0 aromatic heterocycles. The molecule has 1 fully saturated rings. The van der Waals surface area contributed by atoms with Crippen LogP contribution in [0.1, 0.15) is 47.9 Å². The first-order valence-electron chi connectivity index (χ1n) is 15.7. The zero-order chi connectivity index (χ0) is 32.7. The highest BCUT2D eigenvalue weighted by atomic mass is 35.5. The molecule has 1 saturated carbocycles. The van der Waals surface area contributed by atoms with E-state index in [0.29, 0.717) is 16.3 Å². The molecule has 1 aliphatic rings. The zero-order valence-corrected chi connectivity index (χ0v) is 27.8. The fraction of sp³-hybridized carbons (Fsp3) is 0.297. The molecule has 7 nitrogen and oxygen atoms in total. The second-order valence-electron chi connectivity index (χ2n) is 11.9. The van der Waals surface area contributed by atoms with Crippen LogP contribution in [-0.2, 0) is 32.6 Å². The van der Waals surface area contributed by atoms with Crippen molar-refractivity contribution in [3.63, 3.8) is 0 Å². The third-order valence-corrected chi connectivity index (χ3v) is 10.9. The van der Waals surface area contributed by atoms with Gasteiger partial charge in [0.25, 0.3) is 10.0 Å². The largest absolute Gasteiger partial charge is 0.352 e. The van der Waals surface area contributed by atoms with Gasteiger partial charge < -0.3 is 10.2 Å². The summed E-state index contributed by atoms with van der Waals surface area (Å²) in [6, 6.07) is 29.5. The Morgan fingerprint density at radius 3 is 2.15 bits per heavy atom. The molecule has 2 amide bonds. The van der Waals surface area contributed by atoms with E-state index in [1.54, 1.807) is 48.2 Å². The van der Waals surface area contributed by atoms with Crippen LogP contribution in [0.5, 0.6) is 0 Å². The summed E-state index contributed by atoms with van der Waals surface area (Å²) in [5.41, 5.74) is 3.57. The summed E-state index contributed by atoms with van der Waals surface area (Å²) in [4.78, 5) is 30.4. The quantitative estimate of drug-likeness (QED) is 0.181. The van der Waals surface area contributed by atoms with Crippen LogP contribution in [0.4, 0.5) is 5.69 Å². The van der Waals surface area contributed by atoms with Crippen molar-refractivity contribution >= 4 is 39.1 Å². The lowest BCUT2D eigenvalue weighted by Crippen LogP contribution is -2.54. The van der Waals surface area contributed by atoms with Crippen molar-refractivity contribution in [2.24, 2.45) is 0 Å². The Morgan fingerprint density at radius 2 is 1.48 bits per heavy atom. The minimum Gasteiger partial charge on any atom is -0.352 e. The molecule has 0 radical (unpaired) electrons. The second kappa shape index (κ2) is 15.0. The van der Waals surface area contributed by atoms with Gasteiger partial charge in [0, 0.05) is 24.0 Å². The fourth-order valence-corrected chi connectivity index (χ4v) is 7.65. The van der Waals surface area contributed by atoms with E-state index in [1.807, 2.05) is 61.5 Å². The first-order chi connectivity index (χ1) is 22.1. The maximum Gasteiger partial charge on any atom is 0.264 e. The van der Waals surface area contributed by atoms with Gasteiger partial charge in [0.15, 0.2) is 0 Å². The topological polar surface area (TPSA) is 86.8 Å². The average molecular weight is 658 g/mol. The van der Waals surface area contributed by atoms with E-state index < -0.39 is 28.5 Å². The highest BCUT2D eigenvalue weighted by Crippen LogP contribution is 2.31. The summed E-state index contributed by atoms with van der Waals surface area (Å²) in [6.07, 6.45) is 4.16. The van der Waals surface area contributed by atoms with Crippen molar-refractivity contribution in [2.75, 3.05) is 10.8 Å². The predicted octanol–water partition coefficient (Wildman–Crippen LogP) is 6.85. The summed E-state index contributed by atoms with van der Waals surface area (Å²) < 4.78 is 29.6. The molecule has 0 saturated heterocycles. The van der Waals surface area contributed by atoms with E-state index in [4.69, 9.17) is 11.6 Å². The summed E-state index contributed by atoms with van der Waals surface area (Å²) >= 11 is 6.47. The Labute approximate surface area is 277 Å². The van der Waals surface area contributed by atoms with E-state index in [-0.39, 0.29) is 29.8 Å². The molecular formula is C37H40ClN3O4S. The molecule has 4 aromatic rings. The van der Waals surface area contributed by atoms with Crippen LogP contribution in [0.3, 0.4) is 0 Å². The molecule has 1 atom stereocenters. The summed E-state index contributed by atoms with van der Waals surface area (Å²) in [7, 11) is -4.20. The number of hydrogen-bond donors (Lipinski definition) is 1. The number of halogens is 1. The minimum atomic E-state index is -4.20. The maximum absolute atomic E-state index is 14.7. The van der Waals surface area contributed by atoms with Crippen molar-refractivity contribution in [2.45, 2.75) is 69.5 Å². The highest BCUT2D eigenvalue weighted by Gasteiger charge is 2.36. The molecule has 1 N–H and O–H groups in total. The van der Waals surface area contributed by atoms with E-state index in [9.17, 15) is 18.0 Å². The molecule has 240 valence electrons. The number of nitrogens with one attached hydrogen (secondary N) is 1. The third-order valence-electron chi connectivity index (χ3n) is 8.69. The van der Waals surface area contributed by atoms with Crippen LogP contribution in [-0.4, -0.2) is 43.8 Å². The predicted molar refractivity (Wildman–Crippen MR) is 183 cm³/mol. The summed E-state index contributed by atoms with van der Waals surface area (Å²) in [5.74, 6) is -0.737. The average Bonchev–Trinajstić information content (AvgIpc) is 3.57. The number of rotatable bonds is 12. The van der Waals surface area contributed by atoms with E-state index in [1.165, 1.54) is 12.1 Å². The van der Waals surface area contributed by atoms with Gasteiger partial charge in [-0.3, -0.25) is 13.9 Å². The van der Waals surface area contributed by atoms with Crippen LogP contribution in [0, 0.1) is 13.8 Å². The lowest BCUT2D eigenvalue weighted by molar-refractivity contribution is -0.140. The van der Waals surface area contributed by atoms with Gasteiger partial charge in [0.1, 0.15) is 12.6 Å². The lowest BCUT2D eigenvalue weighted by Gasteiger charge is -2.35. The molecule has 0 bridgehead atoms. The Bertz CT molecular complexity index is 1760. The van der Waals surface area contributed by atoms with Crippen LogP contribution in [0.15, 0.2) is 108 Å². The zero-order valence-electron chi connectivity index (χ0n) is 26.2. The standard InChI is InChI=1S/C37H40ClN3O4S/c1-27-14-9-10-17-30(27)25-40(35(24-29-15-5-3-6-16-29)37(43)39-31-18-11-12-19-31)36(42)26-41(34-23-13-22-33(38)28(34)2)46(44,45)32-20-7-4-8-21-32/h3-10,13-17,20-23,31,35H,11-12,18-19,24-26H2,1-2H3,(H,39,43)/t35-/m1/s1. The van der Waals surface area contributed by atoms with Crippen LogP contribution in [0.2, 0.25) is 5.02 Å². The fourth-order valence-electron chi connectivity index (χ4n) is 5.99.